The summed E-state index contributed by atoms with van der Waals surface area (Å²) in [6.07, 6.45) is -3.59. The van der Waals surface area contributed by atoms with E-state index in [1.807, 2.05) is 0 Å². The molecule has 2 rings (SSSR count). The molecule has 18 heavy (non-hydrogen) atoms. The Hall–Kier alpha value is -2.05. The molecule has 0 N–H and O–H groups in total. The van der Waals surface area contributed by atoms with E-state index in [1.54, 1.807) is 0 Å². The third kappa shape index (κ3) is 2.29. The summed E-state index contributed by atoms with van der Waals surface area (Å²) in [4.78, 5) is 6.32. The van der Waals surface area contributed by atoms with Gasteiger partial charge >= 0.3 is 6.18 Å². The predicted molar refractivity (Wildman–Crippen MR) is 52.4 cm³/mol. The summed E-state index contributed by atoms with van der Waals surface area (Å²) in [7, 11) is 0. The monoisotopic (exact) mass is 260 g/mol. The van der Waals surface area contributed by atoms with Crippen LogP contribution >= 0.6 is 0 Å². The lowest BCUT2D eigenvalue weighted by Crippen LogP contribution is -2.09. The predicted octanol–water partition coefficient (Wildman–Crippen LogP) is 3.44. The van der Waals surface area contributed by atoms with Gasteiger partial charge in [-0.05, 0) is 24.3 Å². The summed E-state index contributed by atoms with van der Waals surface area (Å²) in [6.45, 7) is 0. The third-order valence-electron chi connectivity index (χ3n) is 2.18. The van der Waals surface area contributed by atoms with Crippen LogP contribution < -0.4 is 0 Å². The molecular formula is C11H5F5N2. The van der Waals surface area contributed by atoms with Gasteiger partial charge in [-0.2, -0.15) is 26.9 Å². The van der Waals surface area contributed by atoms with Gasteiger partial charge in [0.25, 0.3) is 0 Å². The molecule has 0 saturated heterocycles. The summed E-state index contributed by atoms with van der Waals surface area (Å²) >= 11 is 0. The van der Waals surface area contributed by atoms with Crippen molar-refractivity contribution in [3.8, 4) is 11.3 Å². The largest absolute Gasteiger partial charge is 0.418 e. The lowest BCUT2D eigenvalue weighted by molar-refractivity contribution is -0.137. The first-order valence-corrected chi connectivity index (χ1v) is 4.74. The molecular weight excluding hydrogens is 255 g/mol. The van der Waals surface area contributed by atoms with Gasteiger partial charge in [-0.3, -0.25) is 4.98 Å². The first-order valence-electron chi connectivity index (χ1n) is 4.74. The smallest absolute Gasteiger partial charge is 0.255 e. The standard InChI is InChI=1S/C11H5F5N2/c12-8-4-3-6(10(13)18-8)9-7(11(14,15)16)2-1-5-17-9/h1-5H. The molecule has 0 unspecified atom stereocenters. The molecule has 0 radical (unpaired) electrons. The van der Waals surface area contributed by atoms with E-state index in [-0.39, 0.29) is 0 Å². The number of alkyl halides is 3. The fourth-order valence-corrected chi connectivity index (χ4v) is 1.44. The quantitative estimate of drug-likeness (QED) is 0.579. The van der Waals surface area contributed by atoms with Crippen molar-refractivity contribution in [2.24, 2.45) is 0 Å². The maximum absolute atomic E-state index is 13.3. The minimum atomic E-state index is -4.68. The van der Waals surface area contributed by atoms with E-state index >= 15 is 0 Å². The highest BCUT2D eigenvalue weighted by atomic mass is 19.4. The van der Waals surface area contributed by atoms with E-state index in [0.717, 1.165) is 30.5 Å². The van der Waals surface area contributed by atoms with Crippen molar-refractivity contribution in [3.05, 3.63) is 47.9 Å². The molecule has 0 aliphatic carbocycles. The van der Waals surface area contributed by atoms with Crippen molar-refractivity contribution in [1.29, 1.82) is 0 Å². The van der Waals surface area contributed by atoms with E-state index in [0.29, 0.717) is 0 Å². The third-order valence-corrected chi connectivity index (χ3v) is 2.18. The first-order chi connectivity index (χ1) is 8.39. The van der Waals surface area contributed by atoms with E-state index < -0.39 is 34.9 Å². The van der Waals surface area contributed by atoms with Crippen molar-refractivity contribution in [2.75, 3.05) is 0 Å². The van der Waals surface area contributed by atoms with Crippen LogP contribution in [-0.2, 0) is 6.18 Å². The van der Waals surface area contributed by atoms with Gasteiger partial charge in [0.15, 0.2) is 0 Å². The minimum Gasteiger partial charge on any atom is -0.255 e. The summed E-state index contributed by atoms with van der Waals surface area (Å²) in [5.41, 5.74) is -2.21. The Morgan fingerprint density at radius 3 is 2.33 bits per heavy atom. The average molecular weight is 260 g/mol. The molecule has 0 bridgehead atoms. The Bertz CT molecular complexity index is 580. The number of nitrogens with zero attached hydrogens (tertiary/aromatic N) is 2. The number of pyridine rings is 2. The maximum atomic E-state index is 13.3. The van der Waals surface area contributed by atoms with E-state index in [2.05, 4.69) is 9.97 Å². The molecule has 0 fully saturated rings. The van der Waals surface area contributed by atoms with Crippen LogP contribution in [0.4, 0.5) is 22.0 Å². The van der Waals surface area contributed by atoms with Gasteiger partial charge in [0.2, 0.25) is 11.9 Å². The molecule has 94 valence electrons. The van der Waals surface area contributed by atoms with Gasteiger partial charge < -0.3 is 0 Å². The van der Waals surface area contributed by atoms with E-state index in [4.69, 9.17) is 0 Å². The molecule has 0 aliphatic rings. The SMILES string of the molecule is Fc1ccc(-c2ncccc2C(F)(F)F)c(F)n1. The van der Waals surface area contributed by atoms with Gasteiger partial charge in [0, 0.05) is 6.20 Å². The van der Waals surface area contributed by atoms with Crippen LogP contribution in [-0.4, -0.2) is 9.97 Å². The zero-order valence-electron chi connectivity index (χ0n) is 8.67. The zero-order chi connectivity index (χ0) is 13.3. The molecule has 2 nitrogen and oxygen atoms in total. The van der Waals surface area contributed by atoms with Crippen LogP contribution in [0.2, 0.25) is 0 Å². The van der Waals surface area contributed by atoms with Crippen molar-refractivity contribution in [3.63, 3.8) is 0 Å². The van der Waals surface area contributed by atoms with Crippen molar-refractivity contribution >= 4 is 0 Å². The van der Waals surface area contributed by atoms with Gasteiger partial charge in [-0.1, -0.05) is 0 Å². The minimum absolute atomic E-state index is 0.496. The number of hydrogen-bond donors (Lipinski definition) is 0. The van der Waals surface area contributed by atoms with Crippen LogP contribution in [0.25, 0.3) is 11.3 Å². The molecule has 0 saturated carbocycles. The summed E-state index contributed by atoms with van der Waals surface area (Å²) < 4.78 is 64.0. The zero-order valence-corrected chi connectivity index (χ0v) is 8.67. The second-order valence-electron chi connectivity index (χ2n) is 3.37. The fraction of sp³-hybridized carbons (Fsp3) is 0.0909. The van der Waals surface area contributed by atoms with Gasteiger partial charge in [-0.15, -0.1) is 0 Å². The Labute approximate surface area is 98.1 Å². The number of hydrogen-bond acceptors (Lipinski definition) is 2. The molecule has 0 amide bonds. The Morgan fingerprint density at radius 1 is 1.00 bits per heavy atom. The summed E-state index contributed by atoms with van der Waals surface area (Å²) in [6, 6.07) is 3.49. The molecule has 0 aliphatic heterocycles. The topological polar surface area (TPSA) is 25.8 Å². The van der Waals surface area contributed by atoms with Crippen molar-refractivity contribution < 1.29 is 22.0 Å². The number of rotatable bonds is 1. The molecule has 0 atom stereocenters. The van der Waals surface area contributed by atoms with Gasteiger partial charge in [-0.25, -0.2) is 0 Å². The average Bonchev–Trinajstić information content (AvgIpc) is 2.28. The lowest BCUT2D eigenvalue weighted by atomic mass is 10.1. The normalized spacial score (nSPS) is 11.6. The van der Waals surface area contributed by atoms with Crippen LogP contribution in [0.1, 0.15) is 5.56 Å². The first kappa shape index (κ1) is 12.4. The maximum Gasteiger partial charge on any atom is 0.418 e. The fourth-order valence-electron chi connectivity index (χ4n) is 1.44. The van der Waals surface area contributed by atoms with Crippen LogP contribution in [0.5, 0.6) is 0 Å². The second-order valence-corrected chi connectivity index (χ2v) is 3.37. The highest BCUT2D eigenvalue weighted by Gasteiger charge is 2.35. The number of aromatic nitrogens is 2. The Kier molecular flexibility index (Phi) is 2.98. The molecule has 2 aromatic heterocycles. The van der Waals surface area contributed by atoms with E-state index in [1.165, 1.54) is 0 Å². The van der Waals surface area contributed by atoms with Crippen LogP contribution in [0.15, 0.2) is 30.5 Å². The highest BCUT2D eigenvalue weighted by molar-refractivity contribution is 5.63. The second kappa shape index (κ2) is 4.32. The molecule has 0 spiro atoms. The Balaban J connectivity index is 2.64. The van der Waals surface area contributed by atoms with Gasteiger partial charge in [0.1, 0.15) is 0 Å². The van der Waals surface area contributed by atoms with Crippen molar-refractivity contribution in [1.82, 2.24) is 9.97 Å². The van der Waals surface area contributed by atoms with Crippen LogP contribution in [0, 0.1) is 11.9 Å². The molecule has 7 heteroatoms. The van der Waals surface area contributed by atoms with Crippen molar-refractivity contribution in [2.45, 2.75) is 6.18 Å². The Morgan fingerprint density at radius 2 is 1.72 bits per heavy atom. The van der Waals surface area contributed by atoms with E-state index in [9.17, 15) is 22.0 Å². The molecule has 0 aromatic carbocycles. The molecule has 2 aromatic rings. The molecule has 2 heterocycles. The highest BCUT2D eigenvalue weighted by Crippen LogP contribution is 2.36. The summed E-state index contributed by atoms with van der Waals surface area (Å²) in [5, 5.41) is 0. The summed E-state index contributed by atoms with van der Waals surface area (Å²) in [5.74, 6) is -2.44. The lowest BCUT2D eigenvalue weighted by Gasteiger charge is -2.11. The van der Waals surface area contributed by atoms with Crippen LogP contribution in [0.3, 0.4) is 0 Å². The van der Waals surface area contributed by atoms with Gasteiger partial charge in [0.05, 0.1) is 16.8 Å². The number of halogens is 5.